The van der Waals surface area contributed by atoms with E-state index < -0.39 is 61.1 Å². The van der Waals surface area contributed by atoms with Crippen LogP contribution >= 0.6 is 0 Å². The van der Waals surface area contributed by atoms with Crippen LogP contribution in [0.4, 0.5) is 0 Å². The van der Waals surface area contributed by atoms with Crippen LogP contribution in [0.2, 0.25) is 0 Å². The highest BCUT2D eigenvalue weighted by Crippen LogP contribution is 2.28. The lowest BCUT2D eigenvalue weighted by atomic mass is 9.97. The van der Waals surface area contributed by atoms with Crippen LogP contribution in [0.5, 0.6) is 0 Å². The van der Waals surface area contributed by atoms with E-state index in [0.717, 1.165) is 0 Å². The van der Waals surface area contributed by atoms with Gasteiger partial charge in [-0.15, -0.1) is 0 Å². The van der Waals surface area contributed by atoms with Crippen molar-refractivity contribution in [2.75, 3.05) is 0 Å². The van der Waals surface area contributed by atoms with Gasteiger partial charge in [0.1, 0.15) is 4.90 Å². The molecule has 118 valence electrons. The fourth-order valence-electron chi connectivity index (χ4n) is 1.69. The molecule has 0 saturated heterocycles. The number of aromatic carboxylic acids is 4. The van der Waals surface area contributed by atoms with E-state index in [1.807, 2.05) is 0 Å². The summed E-state index contributed by atoms with van der Waals surface area (Å²) in [5, 5.41) is 35.6. The summed E-state index contributed by atoms with van der Waals surface area (Å²) >= 11 is 0. The summed E-state index contributed by atoms with van der Waals surface area (Å²) in [7, 11) is -5.47. The van der Waals surface area contributed by atoms with Gasteiger partial charge in [0.15, 0.2) is 0 Å². The fourth-order valence-corrected chi connectivity index (χ4v) is 2.56. The molecule has 0 saturated carbocycles. The number of hydrogen-bond donors (Lipinski definition) is 5. The Labute approximate surface area is 120 Å². The summed E-state index contributed by atoms with van der Waals surface area (Å²) in [5.74, 6) is -8.44. The SMILES string of the molecule is O=C(O)c1cc(C(=O)O)c(S(=O)(=O)O)c(C(=O)O)c1C(=O)O. The second kappa shape index (κ2) is 5.42. The van der Waals surface area contributed by atoms with Crippen molar-refractivity contribution in [2.24, 2.45) is 0 Å². The molecule has 0 bridgehead atoms. The van der Waals surface area contributed by atoms with E-state index in [1.54, 1.807) is 0 Å². The van der Waals surface area contributed by atoms with Crippen LogP contribution in [0.1, 0.15) is 41.4 Å². The van der Waals surface area contributed by atoms with Crippen molar-refractivity contribution in [1.82, 2.24) is 0 Å². The van der Waals surface area contributed by atoms with Crippen molar-refractivity contribution >= 4 is 34.0 Å². The lowest BCUT2D eigenvalue weighted by molar-refractivity contribution is 0.0627. The van der Waals surface area contributed by atoms with Gasteiger partial charge in [0.05, 0.1) is 22.3 Å². The molecule has 0 spiro atoms. The number of benzene rings is 1. The van der Waals surface area contributed by atoms with Crippen LogP contribution in [0.25, 0.3) is 0 Å². The van der Waals surface area contributed by atoms with Gasteiger partial charge in [-0.1, -0.05) is 0 Å². The predicted molar refractivity (Wildman–Crippen MR) is 64.1 cm³/mol. The first-order valence-electron chi connectivity index (χ1n) is 5.01. The van der Waals surface area contributed by atoms with Crippen molar-refractivity contribution < 1.29 is 52.6 Å². The third kappa shape index (κ3) is 2.87. The summed E-state index contributed by atoms with van der Waals surface area (Å²) in [6, 6.07) is 0.143. The summed E-state index contributed by atoms with van der Waals surface area (Å²) in [6.07, 6.45) is 0. The normalized spacial score (nSPS) is 11.0. The van der Waals surface area contributed by atoms with Gasteiger partial charge in [0.2, 0.25) is 0 Å². The largest absolute Gasteiger partial charge is 0.478 e. The zero-order chi connectivity index (χ0) is 17.4. The molecular weight excluding hydrogens is 328 g/mol. The maximum absolute atomic E-state index is 11.2. The number of carboxylic acids is 4. The monoisotopic (exact) mass is 334 g/mol. The van der Waals surface area contributed by atoms with Crippen molar-refractivity contribution in [1.29, 1.82) is 0 Å². The number of rotatable bonds is 5. The van der Waals surface area contributed by atoms with E-state index >= 15 is 0 Å². The Kier molecular flexibility index (Phi) is 4.20. The zero-order valence-corrected chi connectivity index (χ0v) is 11.0. The Hall–Kier alpha value is -2.99. The molecule has 0 fully saturated rings. The minimum Gasteiger partial charge on any atom is -0.478 e. The van der Waals surface area contributed by atoms with Gasteiger partial charge in [-0.25, -0.2) is 19.2 Å². The Balaban J connectivity index is 4.28. The van der Waals surface area contributed by atoms with Gasteiger partial charge >= 0.3 is 23.9 Å². The quantitative estimate of drug-likeness (QED) is 0.443. The second-order valence-electron chi connectivity index (χ2n) is 3.75. The Morgan fingerprint density at radius 1 is 0.727 bits per heavy atom. The highest BCUT2D eigenvalue weighted by atomic mass is 32.2. The molecule has 0 aromatic heterocycles. The maximum atomic E-state index is 11.2. The van der Waals surface area contributed by atoms with Crippen LogP contribution in [-0.2, 0) is 10.1 Å². The van der Waals surface area contributed by atoms with Crippen LogP contribution in [0.3, 0.4) is 0 Å². The second-order valence-corrected chi connectivity index (χ2v) is 5.10. The number of carbonyl (C=O) groups is 4. The minimum atomic E-state index is -5.47. The maximum Gasteiger partial charge on any atom is 0.338 e. The molecule has 11 nitrogen and oxygen atoms in total. The Morgan fingerprint density at radius 3 is 1.41 bits per heavy atom. The number of carboxylic acid groups (broad SMARTS) is 4. The van der Waals surface area contributed by atoms with E-state index in [9.17, 15) is 27.6 Å². The first kappa shape index (κ1) is 17.1. The molecule has 22 heavy (non-hydrogen) atoms. The van der Waals surface area contributed by atoms with Crippen molar-refractivity contribution in [3.05, 3.63) is 28.3 Å². The molecule has 1 aromatic carbocycles. The standard InChI is InChI=1S/C10H6O11S/c11-7(12)2-1-3(8(13)14)6(22(19,20)21)5(10(17)18)4(2)9(15)16/h1H,(H,11,12)(H,13,14)(H,15,16)(H,17,18)(H,19,20,21). The van der Waals surface area contributed by atoms with Gasteiger partial charge in [-0.05, 0) is 6.07 Å². The van der Waals surface area contributed by atoms with Gasteiger partial charge in [0.25, 0.3) is 10.1 Å². The summed E-state index contributed by atoms with van der Waals surface area (Å²) in [5.41, 5.74) is -5.78. The van der Waals surface area contributed by atoms with Crippen molar-refractivity contribution in [3.63, 3.8) is 0 Å². The molecule has 0 heterocycles. The predicted octanol–water partition coefficient (Wildman–Crippen LogP) is -0.274. The Bertz CT molecular complexity index is 818. The summed E-state index contributed by atoms with van der Waals surface area (Å²) in [4.78, 5) is 42.4. The molecule has 5 N–H and O–H groups in total. The number of hydrogen-bond acceptors (Lipinski definition) is 6. The van der Waals surface area contributed by atoms with Crippen LogP contribution in [-0.4, -0.2) is 57.3 Å². The molecule has 0 aliphatic heterocycles. The first-order valence-corrected chi connectivity index (χ1v) is 6.45. The van der Waals surface area contributed by atoms with Crippen molar-refractivity contribution in [3.8, 4) is 0 Å². The highest BCUT2D eigenvalue weighted by Gasteiger charge is 2.36. The first-order chi connectivity index (χ1) is 9.89. The van der Waals surface area contributed by atoms with Gasteiger partial charge in [-0.3, -0.25) is 4.55 Å². The molecule has 0 atom stereocenters. The summed E-state index contributed by atoms with van der Waals surface area (Å²) in [6.45, 7) is 0. The molecule has 0 unspecified atom stereocenters. The lowest BCUT2D eigenvalue weighted by Crippen LogP contribution is -2.22. The molecule has 1 rings (SSSR count). The molecule has 1 aromatic rings. The minimum absolute atomic E-state index is 0.143. The van der Waals surface area contributed by atoms with Gasteiger partial charge < -0.3 is 20.4 Å². The smallest absolute Gasteiger partial charge is 0.338 e. The van der Waals surface area contributed by atoms with Gasteiger partial charge in [0, 0.05) is 0 Å². The molecule has 0 aliphatic rings. The topological polar surface area (TPSA) is 204 Å². The average Bonchev–Trinajstić information content (AvgIpc) is 2.34. The highest BCUT2D eigenvalue weighted by molar-refractivity contribution is 7.86. The van der Waals surface area contributed by atoms with Gasteiger partial charge in [-0.2, -0.15) is 8.42 Å². The average molecular weight is 334 g/mol. The Morgan fingerprint density at radius 2 is 1.14 bits per heavy atom. The molecular formula is C10H6O11S. The van der Waals surface area contributed by atoms with Crippen molar-refractivity contribution in [2.45, 2.75) is 4.90 Å². The fraction of sp³-hybridized carbons (Fsp3) is 0. The van der Waals surface area contributed by atoms with Crippen LogP contribution in [0, 0.1) is 0 Å². The summed E-state index contributed by atoms with van der Waals surface area (Å²) < 4.78 is 31.4. The third-order valence-electron chi connectivity index (χ3n) is 2.43. The van der Waals surface area contributed by atoms with E-state index in [0.29, 0.717) is 0 Å². The van der Waals surface area contributed by atoms with Crippen LogP contribution in [0.15, 0.2) is 11.0 Å². The molecule has 0 aliphatic carbocycles. The third-order valence-corrected chi connectivity index (χ3v) is 3.37. The molecule has 0 radical (unpaired) electrons. The lowest BCUT2D eigenvalue weighted by Gasteiger charge is -2.12. The zero-order valence-electron chi connectivity index (χ0n) is 10.2. The van der Waals surface area contributed by atoms with E-state index in [2.05, 4.69) is 0 Å². The van der Waals surface area contributed by atoms with Crippen LogP contribution < -0.4 is 0 Å². The van der Waals surface area contributed by atoms with E-state index in [-0.39, 0.29) is 6.07 Å². The van der Waals surface area contributed by atoms with E-state index in [4.69, 9.17) is 25.0 Å². The molecule has 12 heteroatoms. The van der Waals surface area contributed by atoms with E-state index in [1.165, 1.54) is 0 Å². The molecule has 0 amide bonds.